The maximum Gasteiger partial charge on any atom is 0.0969 e. The van der Waals surface area contributed by atoms with E-state index in [1.807, 2.05) is 48.5 Å². The third-order valence-electron chi connectivity index (χ3n) is 3.57. The number of hydrogen-bond acceptors (Lipinski definition) is 2. The van der Waals surface area contributed by atoms with E-state index in [9.17, 15) is 10.4 Å². The summed E-state index contributed by atoms with van der Waals surface area (Å²) in [6, 6.07) is 17.9. The van der Waals surface area contributed by atoms with Gasteiger partial charge in [0.2, 0.25) is 0 Å². The molecule has 18 heavy (non-hydrogen) atoms. The van der Waals surface area contributed by atoms with Crippen LogP contribution in [0.1, 0.15) is 34.3 Å². The Kier molecular flexibility index (Phi) is 2.62. The molecule has 0 heterocycles. The Morgan fingerprint density at radius 2 is 1.56 bits per heavy atom. The lowest BCUT2D eigenvalue weighted by atomic mass is 9.89. The molecule has 1 aliphatic rings. The lowest BCUT2D eigenvalue weighted by Gasteiger charge is -2.13. The molecule has 1 N–H and O–H groups in total. The summed E-state index contributed by atoms with van der Waals surface area (Å²) in [5.41, 5.74) is 3.88. The Morgan fingerprint density at radius 1 is 0.944 bits per heavy atom. The minimum Gasteiger partial charge on any atom is -0.388 e. The normalized spacial score (nSPS) is 21.3. The maximum absolute atomic E-state index is 10.3. The second kappa shape index (κ2) is 4.29. The lowest BCUT2D eigenvalue weighted by molar-refractivity contribution is 0.178. The van der Waals surface area contributed by atoms with Gasteiger partial charge in [0.15, 0.2) is 0 Å². The van der Waals surface area contributed by atoms with Crippen molar-refractivity contribution in [2.24, 2.45) is 0 Å². The van der Waals surface area contributed by atoms with Crippen molar-refractivity contribution in [3.63, 3.8) is 0 Å². The van der Waals surface area contributed by atoms with Gasteiger partial charge in [0, 0.05) is 6.42 Å². The Bertz CT molecular complexity index is 627. The number of nitriles is 1. The van der Waals surface area contributed by atoms with Crippen molar-refractivity contribution in [1.82, 2.24) is 0 Å². The van der Waals surface area contributed by atoms with E-state index in [2.05, 4.69) is 6.07 Å². The predicted octanol–water partition coefficient (Wildman–Crippen LogP) is 2.93. The zero-order chi connectivity index (χ0) is 12.5. The number of benzene rings is 2. The molecule has 2 unspecified atom stereocenters. The van der Waals surface area contributed by atoms with E-state index in [-0.39, 0.29) is 5.92 Å². The highest BCUT2D eigenvalue weighted by molar-refractivity contribution is 5.49. The Balaban J connectivity index is 2.27. The zero-order valence-corrected chi connectivity index (χ0v) is 9.88. The summed E-state index contributed by atoms with van der Waals surface area (Å²) in [6.45, 7) is 0. The molecule has 2 heteroatoms. The highest BCUT2D eigenvalue weighted by Gasteiger charge is 2.26. The fourth-order valence-electron chi connectivity index (χ4n) is 2.70. The van der Waals surface area contributed by atoms with Crippen molar-refractivity contribution in [2.45, 2.75) is 18.4 Å². The van der Waals surface area contributed by atoms with Gasteiger partial charge >= 0.3 is 0 Å². The molecule has 2 nitrogen and oxygen atoms in total. The van der Waals surface area contributed by atoms with Crippen LogP contribution >= 0.6 is 0 Å². The van der Waals surface area contributed by atoms with Crippen molar-refractivity contribution < 1.29 is 5.11 Å². The zero-order valence-electron chi connectivity index (χ0n) is 9.88. The smallest absolute Gasteiger partial charge is 0.0969 e. The van der Waals surface area contributed by atoms with Crippen LogP contribution in [-0.4, -0.2) is 5.11 Å². The molecule has 0 saturated heterocycles. The lowest BCUT2D eigenvalue weighted by Crippen LogP contribution is -2.02. The molecule has 2 atom stereocenters. The number of hydrogen-bond donors (Lipinski definition) is 1. The third-order valence-corrected chi connectivity index (χ3v) is 3.57. The molecule has 0 aromatic heterocycles. The molecule has 2 aromatic carbocycles. The molecule has 2 aromatic rings. The standard InChI is InChI=1S/C16H13NO/c17-10-15-12-6-2-1-5-11(12)9-16(18)14-8-4-3-7-13(14)15/h1-8,15-16,18H,9H2. The van der Waals surface area contributed by atoms with Crippen LogP contribution in [0.5, 0.6) is 0 Å². The number of aliphatic hydroxyl groups excluding tert-OH is 1. The first-order valence-electron chi connectivity index (χ1n) is 6.05. The van der Waals surface area contributed by atoms with Gasteiger partial charge in [0.25, 0.3) is 0 Å². The summed E-state index contributed by atoms with van der Waals surface area (Å²) in [6.07, 6.45) is 0.0476. The van der Waals surface area contributed by atoms with Gasteiger partial charge in [-0.05, 0) is 22.3 Å². The van der Waals surface area contributed by atoms with Crippen molar-refractivity contribution in [3.8, 4) is 6.07 Å². The van der Waals surface area contributed by atoms with E-state index >= 15 is 0 Å². The highest BCUT2D eigenvalue weighted by Crippen LogP contribution is 2.37. The van der Waals surface area contributed by atoms with Gasteiger partial charge in [-0.3, -0.25) is 0 Å². The Morgan fingerprint density at radius 3 is 2.28 bits per heavy atom. The van der Waals surface area contributed by atoms with Gasteiger partial charge in [-0.25, -0.2) is 0 Å². The minimum atomic E-state index is -0.527. The molecular formula is C16H13NO. The number of aliphatic hydroxyl groups is 1. The summed E-state index contributed by atoms with van der Waals surface area (Å²) in [7, 11) is 0. The quantitative estimate of drug-likeness (QED) is 0.763. The fraction of sp³-hybridized carbons (Fsp3) is 0.188. The van der Waals surface area contributed by atoms with Gasteiger partial charge < -0.3 is 5.11 Å². The molecule has 3 rings (SSSR count). The van der Waals surface area contributed by atoms with Crippen LogP contribution in [0.25, 0.3) is 0 Å². The summed E-state index contributed by atoms with van der Waals surface area (Å²) in [5, 5.41) is 19.8. The Labute approximate surface area is 106 Å². The van der Waals surface area contributed by atoms with Crippen molar-refractivity contribution in [1.29, 1.82) is 5.26 Å². The van der Waals surface area contributed by atoms with Crippen LogP contribution in [-0.2, 0) is 6.42 Å². The summed E-state index contributed by atoms with van der Waals surface area (Å²) in [5.74, 6) is -0.283. The van der Waals surface area contributed by atoms with Gasteiger partial charge in [-0.1, -0.05) is 48.5 Å². The van der Waals surface area contributed by atoms with E-state index in [1.54, 1.807) is 0 Å². The van der Waals surface area contributed by atoms with E-state index in [0.29, 0.717) is 6.42 Å². The summed E-state index contributed by atoms with van der Waals surface area (Å²) in [4.78, 5) is 0. The van der Waals surface area contributed by atoms with Crippen molar-refractivity contribution >= 4 is 0 Å². The molecule has 0 fully saturated rings. The molecular weight excluding hydrogens is 222 g/mol. The topological polar surface area (TPSA) is 44.0 Å². The molecule has 0 radical (unpaired) electrons. The third kappa shape index (κ3) is 1.61. The van der Waals surface area contributed by atoms with Crippen molar-refractivity contribution in [3.05, 3.63) is 70.8 Å². The van der Waals surface area contributed by atoms with Gasteiger partial charge in [-0.2, -0.15) is 5.26 Å². The fourth-order valence-corrected chi connectivity index (χ4v) is 2.70. The molecule has 88 valence electrons. The molecule has 0 bridgehead atoms. The van der Waals surface area contributed by atoms with Gasteiger partial charge in [0.05, 0.1) is 18.1 Å². The van der Waals surface area contributed by atoms with Gasteiger partial charge in [-0.15, -0.1) is 0 Å². The minimum absolute atomic E-state index is 0.283. The molecule has 0 saturated carbocycles. The second-order valence-corrected chi connectivity index (χ2v) is 4.61. The van der Waals surface area contributed by atoms with E-state index in [1.165, 1.54) is 0 Å². The van der Waals surface area contributed by atoms with E-state index < -0.39 is 6.10 Å². The first-order chi connectivity index (χ1) is 8.81. The summed E-state index contributed by atoms with van der Waals surface area (Å²) < 4.78 is 0. The van der Waals surface area contributed by atoms with E-state index in [0.717, 1.165) is 22.3 Å². The molecule has 0 amide bonds. The number of rotatable bonds is 0. The van der Waals surface area contributed by atoms with Crippen molar-refractivity contribution in [2.75, 3.05) is 0 Å². The second-order valence-electron chi connectivity index (χ2n) is 4.61. The van der Waals surface area contributed by atoms with Gasteiger partial charge in [0.1, 0.15) is 0 Å². The van der Waals surface area contributed by atoms with Crippen LogP contribution in [0.2, 0.25) is 0 Å². The van der Waals surface area contributed by atoms with Crippen LogP contribution in [0.4, 0.5) is 0 Å². The Hall–Kier alpha value is -2.11. The number of nitrogens with zero attached hydrogens (tertiary/aromatic N) is 1. The monoisotopic (exact) mass is 235 g/mol. The van der Waals surface area contributed by atoms with Crippen LogP contribution in [0.3, 0.4) is 0 Å². The number of fused-ring (bicyclic) bond motifs is 2. The molecule has 0 spiro atoms. The molecule has 1 aliphatic carbocycles. The largest absolute Gasteiger partial charge is 0.388 e. The molecule has 0 aliphatic heterocycles. The highest BCUT2D eigenvalue weighted by atomic mass is 16.3. The maximum atomic E-state index is 10.3. The summed E-state index contributed by atoms with van der Waals surface area (Å²) >= 11 is 0. The first-order valence-corrected chi connectivity index (χ1v) is 6.05. The van der Waals surface area contributed by atoms with Crippen LogP contribution in [0, 0.1) is 11.3 Å². The first kappa shape index (κ1) is 11.0. The van der Waals surface area contributed by atoms with Crippen LogP contribution in [0.15, 0.2) is 48.5 Å². The SMILES string of the molecule is N#CC1c2ccccc2CC(O)c2ccccc21. The average Bonchev–Trinajstić information content (AvgIpc) is 2.53. The van der Waals surface area contributed by atoms with Crippen LogP contribution < -0.4 is 0 Å². The average molecular weight is 235 g/mol. The predicted molar refractivity (Wildman–Crippen MR) is 69.0 cm³/mol. The van der Waals surface area contributed by atoms with E-state index in [4.69, 9.17) is 0 Å².